The average Bonchev–Trinajstić information content (AvgIpc) is 2.85. The number of hydrogen-bond acceptors (Lipinski definition) is 6. The lowest BCUT2D eigenvalue weighted by atomic mass is 10.1. The second-order valence-electron chi connectivity index (χ2n) is 3.65. The van der Waals surface area contributed by atoms with Gasteiger partial charge < -0.3 is 4.74 Å². The SMILES string of the molecule is CSc1nnc(COc2ccc(Cl)cc2C(C)=O)s1. The van der Waals surface area contributed by atoms with Crippen molar-refractivity contribution < 1.29 is 9.53 Å². The highest BCUT2D eigenvalue weighted by atomic mass is 35.5. The standard InChI is InChI=1S/C12H11ClN2O2S2/c1-7(16)9-5-8(13)3-4-10(9)17-6-11-14-15-12(18-2)19-11/h3-5H,6H2,1-2H3. The number of benzene rings is 1. The zero-order valence-electron chi connectivity index (χ0n) is 10.3. The maximum Gasteiger partial charge on any atom is 0.174 e. The normalized spacial score (nSPS) is 10.5. The summed E-state index contributed by atoms with van der Waals surface area (Å²) in [5, 5.41) is 9.27. The highest BCUT2D eigenvalue weighted by molar-refractivity contribution is 8.00. The van der Waals surface area contributed by atoms with Gasteiger partial charge in [0, 0.05) is 5.02 Å². The molecule has 0 N–H and O–H groups in total. The van der Waals surface area contributed by atoms with Crippen molar-refractivity contribution in [1.29, 1.82) is 0 Å². The molecule has 0 saturated heterocycles. The molecule has 100 valence electrons. The zero-order chi connectivity index (χ0) is 13.8. The molecule has 0 atom stereocenters. The van der Waals surface area contributed by atoms with Gasteiger partial charge in [0.05, 0.1) is 5.56 Å². The second-order valence-corrected chi connectivity index (χ2v) is 6.20. The monoisotopic (exact) mass is 314 g/mol. The number of ether oxygens (including phenoxy) is 1. The van der Waals surface area contributed by atoms with E-state index >= 15 is 0 Å². The van der Waals surface area contributed by atoms with Gasteiger partial charge in [-0.15, -0.1) is 10.2 Å². The molecule has 0 bridgehead atoms. The number of aromatic nitrogens is 2. The summed E-state index contributed by atoms with van der Waals surface area (Å²) in [6.07, 6.45) is 1.94. The summed E-state index contributed by atoms with van der Waals surface area (Å²) in [6, 6.07) is 4.99. The van der Waals surface area contributed by atoms with E-state index in [1.807, 2.05) is 6.26 Å². The minimum absolute atomic E-state index is 0.0837. The van der Waals surface area contributed by atoms with Gasteiger partial charge in [-0.2, -0.15) is 0 Å². The third-order valence-corrected chi connectivity index (χ3v) is 4.40. The number of carbonyl (C=O) groups excluding carboxylic acids is 1. The molecular weight excluding hydrogens is 304 g/mol. The molecular formula is C12H11ClN2O2S2. The van der Waals surface area contributed by atoms with Gasteiger partial charge in [-0.05, 0) is 31.4 Å². The predicted molar refractivity (Wildman–Crippen MR) is 77.5 cm³/mol. The van der Waals surface area contributed by atoms with Crippen LogP contribution in [0.1, 0.15) is 22.3 Å². The molecule has 0 aliphatic carbocycles. The van der Waals surface area contributed by atoms with Gasteiger partial charge in [-0.3, -0.25) is 4.79 Å². The fourth-order valence-corrected chi connectivity index (χ4v) is 2.82. The molecule has 0 aliphatic heterocycles. The zero-order valence-corrected chi connectivity index (χ0v) is 12.7. The first kappa shape index (κ1) is 14.3. The number of rotatable bonds is 5. The smallest absolute Gasteiger partial charge is 0.174 e. The summed E-state index contributed by atoms with van der Waals surface area (Å²) in [7, 11) is 0. The highest BCUT2D eigenvalue weighted by Crippen LogP contribution is 2.25. The molecule has 0 saturated carbocycles. The van der Waals surface area contributed by atoms with Crippen molar-refractivity contribution >= 4 is 40.5 Å². The molecule has 1 heterocycles. The lowest BCUT2D eigenvalue weighted by Gasteiger charge is -2.08. The number of Topliss-reactive ketones (excluding diaryl/α,β-unsaturated/α-hetero) is 1. The molecule has 0 spiro atoms. The van der Waals surface area contributed by atoms with Crippen LogP contribution in [0.4, 0.5) is 0 Å². The van der Waals surface area contributed by atoms with Gasteiger partial charge in [0.1, 0.15) is 12.4 Å². The molecule has 2 rings (SSSR count). The van der Waals surface area contributed by atoms with E-state index in [0.29, 0.717) is 22.9 Å². The summed E-state index contributed by atoms with van der Waals surface area (Å²) >= 11 is 8.88. The van der Waals surface area contributed by atoms with Crippen LogP contribution in [0.5, 0.6) is 5.75 Å². The number of hydrogen-bond donors (Lipinski definition) is 0. The van der Waals surface area contributed by atoms with Crippen LogP contribution >= 0.6 is 34.7 Å². The summed E-state index contributed by atoms with van der Waals surface area (Å²) in [5.74, 6) is 0.428. The first-order chi connectivity index (χ1) is 9.10. The molecule has 0 amide bonds. The largest absolute Gasteiger partial charge is 0.486 e. The van der Waals surface area contributed by atoms with Gasteiger partial charge in [-0.25, -0.2) is 0 Å². The van der Waals surface area contributed by atoms with Crippen LogP contribution in [0.2, 0.25) is 5.02 Å². The molecule has 1 aromatic carbocycles. The third-order valence-electron chi connectivity index (χ3n) is 2.29. The lowest BCUT2D eigenvalue weighted by molar-refractivity contribution is 0.101. The topological polar surface area (TPSA) is 52.1 Å². The van der Waals surface area contributed by atoms with Crippen molar-refractivity contribution in [2.24, 2.45) is 0 Å². The van der Waals surface area contributed by atoms with E-state index < -0.39 is 0 Å². The summed E-state index contributed by atoms with van der Waals surface area (Å²) in [6.45, 7) is 1.77. The molecule has 7 heteroatoms. The Morgan fingerprint density at radius 1 is 1.47 bits per heavy atom. The van der Waals surface area contributed by atoms with Gasteiger partial charge in [0.2, 0.25) is 0 Å². The van der Waals surface area contributed by atoms with Gasteiger partial charge >= 0.3 is 0 Å². The van der Waals surface area contributed by atoms with E-state index in [-0.39, 0.29) is 5.78 Å². The van der Waals surface area contributed by atoms with Crippen LogP contribution < -0.4 is 4.74 Å². The van der Waals surface area contributed by atoms with Crippen LogP contribution in [0.15, 0.2) is 22.5 Å². The minimum Gasteiger partial charge on any atom is -0.486 e. The fourth-order valence-electron chi connectivity index (χ4n) is 1.42. The Kier molecular flexibility index (Phi) is 4.79. The molecule has 0 aliphatic rings. The quantitative estimate of drug-likeness (QED) is 0.622. The van der Waals surface area contributed by atoms with Crippen LogP contribution in [0.25, 0.3) is 0 Å². The number of halogens is 1. The van der Waals surface area contributed by atoms with E-state index in [1.54, 1.807) is 18.2 Å². The highest BCUT2D eigenvalue weighted by Gasteiger charge is 2.11. The Morgan fingerprint density at radius 3 is 2.89 bits per heavy atom. The summed E-state index contributed by atoms with van der Waals surface area (Å²) < 4.78 is 6.51. The lowest BCUT2D eigenvalue weighted by Crippen LogP contribution is -2.01. The molecule has 19 heavy (non-hydrogen) atoms. The van der Waals surface area contributed by atoms with Gasteiger partial charge in [-0.1, -0.05) is 34.7 Å². The Balaban J connectivity index is 2.12. The van der Waals surface area contributed by atoms with E-state index in [9.17, 15) is 4.79 Å². The predicted octanol–water partition coefficient (Wildman–Crippen LogP) is 3.70. The number of ketones is 1. The maximum atomic E-state index is 11.5. The Labute approximate surface area is 124 Å². The molecule has 1 aromatic heterocycles. The number of carbonyl (C=O) groups is 1. The second kappa shape index (κ2) is 6.36. The van der Waals surface area contributed by atoms with Crippen LogP contribution in [0, 0.1) is 0 Å². The molecule has 0 radical (unpaired) electrons. The van der Waals surface area contributed by atoms with Crippen LogP contribution in [-0.4, -0.2) is 22.2 Å². The van der Waals surface area contributed by atoms with Crippen LogP contribution in [-0.2, 0) is 6.61 Å². The van der Waals surface area contributed by atoms with Crippen molar-refractivity contribution in [2.75, 3.05) is 6.26 Å². The van der Waals surface area contributed by atoms with E-state index in [1.165, 1.54) is 30.0 Å². The van der Waals surface area contributed by atoms with Crippen LogP contribution in [0.3, 0.4) is 0 Å². The Hall–Kier alpha value is -1.11. The van der Waals surface area contributed by atoms with Gasteiger partial charge in [0.25, 0.3) is 0 Å². The number of thioether (sulfide) groups is 1. The van der Waals surface area contributed by atoms with Crippen molar-refractivity contribution in [3.8, 4) is 5.75 Å². The van der Waals surface area contributed by atoms with Crippen molar-refractivity contribution in [3.05, 3.63) is 33.8 Å². The molecule has 0 fully saturated rings. The first-order valence-electron chi connectivity index (χ1n) is 5.40. The summed E-state index contributed by atoms with van der Waals surface area (Å²) in [4.78, 5) is 11.5. The molecule has 4 nitrogen and oxygen atoms in total. The third kappa shape index (κ3) is 3.68. The number of nitrogens with zero attached hydrogens (tertiary/aromatic N) is 2. The molecule has 2 aromatic rings. The summed E-state index contributed by atoms with van der Waals surface area (Å²) in [5.41, 5.74) is 0.474. The van der Waals surface area contributed by atoms with E-state index in [0.717, 1.165) is 9.35 Å². The van der Waals surface area contributed by atoms with E-state index in [4.69, 9.17) is 16.3 Å². The average molecular weight is 315 g/mol. The van der Waals surface area contributed by atoms with Crippen molar-refractivity contribution in [1.82, 2.24) is 10.2 Å². The van der Waals surface area contributed by atoms with E-state index in [2.05, 4.69) is 10.2 Å². The fraction of sp³-hybridized carbons (Fsp3) is 0.250. The van der Waals surface area contributed by atoms with Crippen molar-refractivity contribution in [2.45, 2.75) is 17.9 Å². The maximum absolute atomic E-state index is 11.5. The molecule has 0 unspecified atom stereocenters. The Bertz CT molecular complexity index is 601. The van der Waals surface area contributed by atoms with Gasteiger partial charge in [0.15, 0.2) is 15.1 Å². The minimum atomic E-state index is -0.0837. The Morgan fingerprint density at radius 2 is 2.26 bits per heavy atom. The van der Waals surface area contributed by atoms with Crippen molar-refractivity contribution in [3.63, 3.8) is 0 Å². The first-order valence-corrected chi connectivity index (χ1v) is 7.81.